The standard InChI is InChI=1S/C77H53NO.C67H42N2O2/c1-75(2)67-33-16-12-27-59(67)63-44-41-55(47-71(63)75)78(56-42-45-64-62-30-15-19-36-70(62)77(72(64)48-56,52-23-8-4-9-24-52)53-25-10-5-11-26-53)57-43-46-65-66-32-20-31-58(74(66)79-73(65)49-57)50-37-39-54(40-38-50)76(51-21-6-3-7-22-51)68-34-17-13-28-60(68)61-29-14-18-35-69(61)76;1-3-17-44(18-4-1)67(58-28-11-7-21-50(58)51-22-8-12-29-59(51)67)45-35-33-43(34-36-45)49-25-15-26-56-57-41-47(38-40-64(57)70-65(49)56)68(61-31-16-27-55-54-24-10-14-32-63(54)71-66(55)61)48-37-39-53-52-23-9-13-30-60(52)69(62(53)42-48)46-19-5-2-6-20-46/h3-49H,1-2H3;1-42H. The van der Waals surface area contributed by atoms with Gasteiger partial charge in [0.2, 0.25) is 0 Å². The Bertz CT molecular complexity index is 10000. The molecule has 31 rings (SSSR count). The van der Waals surface area contributed by atoms with Gasteiger partial charge < -0.3 is 27.6 Å². The minimum absolute atomic E-state index is 0.186. The first kappa shape index (κ1) is 86.4. The number of hydrogen-bond acceptors (Lipinski definition) is 5. The van der Waals surface area contributed by atoms with Gasteiger partial charge in [0.1, 0.15) is 27.9 Å². The number of para-hydroxylation sites is 6. The van der Waals surface area contributed by atoms with Crippen molar-refractivity contribution in [2.24, 2.45) is 0 Å². The molecule has 0 fully saturated rings. The van der Waals surface area contributed by atoms with E-state index in [2.05, 4.69) is 562 Å². The summed E-state index contributed by atoms with van der Waals surface area (Å²) < 4.78 is 23.3. The molecule has 6 nitrogen and oxygen atoms in total. The summed E-state index contributed by atoms with van der Waals surface area (Å²) in [5, 5.41) is 8.85. The van der Waals surface area contributed by atoms with Crippen LogP contribution in [-0.2, 0) is 21.7 Å². The summed E-state index contributed by atoms with van der Waals surface area (Å²) in [5.41, 5.74) is 45.5. The SMILES string of the molecule is CC1(C)c2ccccc2-c2ccc(N(c3ccc4c(c3)C(c3ccccc3)(c3ccccc3)c3ccccc3-4)c3ccc4c(c3)oc3c(-c5ccc(C6(c7ccccc7)c7ccccc7-c7ccccc76)cc5)cccc34)cc21.c1ccc(-n2c3ccccc3c3ccc(N(c4ccc5oc6c(-c7ccc(C8(c9ccccc9)c9ccccc9-c9ccccc98)cc7)cccc6c5c4)c4cccc5c4oc4ccccc45)cc32)cc1. The lowest BCUT2D eigenvalue weighted by Crippen LogP contribution is -2.28. The van der Waals surface area contributed by atoms with Crippen molar-refractivity contribution in [2.45, 2.75) is 35.5 Å². The zero-order valence-corrected chi connectivity index (χ0v) is 82.5. The summed E-state index contributed by atoms with van der Waals surface area (Å²) in [6.45, 7) is 4.73. The highest BCUT2D eigenvalue weighted by atomic mass is 16.3. The van der Waals surface area contributed by atoms with Crippen molar-refractivity contribution in [1.82, 2.24) is 4.57 Å². The molecular weight excluding hydrogens is 1820 g/mol. The van der Waals surface area contributed by atoms with Crippen molar-refractivity contribution in [3.63, 3.8) is 0 Å². The second-order valence-corrected chi connectivity index (χ2v) is 41.0. The number of rotatable bonds is 15. The van der Waals surface area contributed by atoms with Crippen LogP contribution >= 0.6 is 0 Å². The Morgan fingerprint density at radius 3 is 1.02 bits per heavy atom. The zero-order valence-electron chi connectivity index (χ0n) is 82.5. The molecule has 0 aliphatic heterocycles. The van der Waals surface area contributed by atoms with Gasteiger partial charge in [-0.25, -0.2) is 0 Å². The van der Waals surface area contributed by atoms with Crippen molar-refractivity contribution >= 4 is 122 Å². The van der Waals surface area contributed by atoms with Gasteiger partial charge in [0.15, 0.2) is 5.58 Å². The van der Waals surface area contributed by atoms with E-state index in [1.165, 1.54) is 139 Å². The van der Waals surface area contributed by atoms with Gasteiger partial charge in [-0.2, -0.15) is 0 Å². The third kappa shape index (κ3) is 12.7. The van der Waals surface area contributed by atoms with Crippen molar-refractivity contribution in [2.75, 3.05) is 9.80 Å². The van der Waals surface area contributed by atoms with Crippen LogP contribution < -0.4 is 9.80 Å². The molecule has 6 heteroatoms. The first-order valence-corrected chi connectivity index (χ1v) is 52.0. The summed E-state index contributed by atoms with van der Waals surface area (Å²) in [5.74, 6) is 0. The molecule has 0 spiro atoms. The third-order valence-electron chi connectivity index (χ3n) is 33.1. The normalized spacial score (nSPS) is 13.7. The van der Waals surface area contributed by atoms with E-state index in [-0.39, 0.29) is 5.41 Å². The van der Waals surface area contributed by atoms with Crippen LogP contribution in [-0.4, -0.2) is 4.57 Å². The van der Waals surface area contributed by atoms with Crippen LogP contribution in [0.5, 0.6) is 0 Å². The maximum Gasteiger partial charge on any atom is 0.159 e. The van der Waals surface area contributed by atoms with Gasteiger partial charge in [0.05, 0.1) is 33.0 Å². The molecular formula is C144H95N3O3. The molecule has 4 aliphatic rings. The van der Waals surface area contributed by atoms with Gasteiger partial charge in [-0.3, -0.25) is 0 Å². The van der Waals surface area contributed by atoms with Crippen molar-refractivity contribution < 1.29 is 13.3 Å². The predicted molar refractivity (Wildman–Crippen MR) is 619 cm³/mol. The fraction of sp³-hybridized carbons (Fsp3) is 0.0417. The Morgan fingerprint density at radius 2 is 0.500 bits per heavy atom. The van der Waals surface area contributed by atoms with Crippen LogP contribution in [0.3, 0.4) is 0 Å². The topological polar surface area (TPSA) is 50.8 Å². The number of anilines is 6. The molecule has 23 aromatic carbocycles. The number of fused-ring (bicyclic) bond motifs is 24. The van der Waals surface area contributed by atoms with Gasteiger partial charge in [-0.1, -0.05) is 451 Å². The van der Waals surface area contributed by atoms with Crippen molar-refractivity contribution in [3.05, 3.63) is 618 Å². The fourth-order valence-corrected chi connectivity index (χ4v) is 26.7. The van der Waals surface area contributed by atoms with Gasteiger partial charge >= 0.3 is 0 Å². The van der Waals surface area contributed by atoms with Crippen LogP contribution in [0, 0.1) is 0 Å². The minimum atomic E-state index is -0.552. The molecule has 0 saturated heterocycles. The Balaban J connectivity index is 0.000000139. The molecule has 704 valence electrons. The maximum atomic E-state index is 7.20. The Hall–Kier alpha value is -19.1. The van der Waals surface area contributed by atoms with E-state index in [0.29, 0.717) is 0 Å². The van der Waals surface area contributed by atoms with Gasteiger partial charge in [-0.05, 0) is 231 Å². The molecule has 0 N–H and O–H groups in total. The number of hydrogen-bond donors (Lipinski definition) is 0. The molecule has 0 unspecified atom stereocenters. The summed E-state index contributed by atoms with van der Waals surface area (Å²) in [6, 6.07) is 198. The van der Waals surface area contributed by atoms with E-state index in [4.69, 9.17) is 13.3 Å². The van der Waals surface area contributed by atoms with Crippen molar-refractivity contribution in [1.29, 1.82) is 0 Å². The van der Waals surface area contributed by atoms with Crippen LogP contribution in [0.1, 0.15) is 91.7 Å². The Morgan fingerprint density at radius 1 is 0.180 bits per heavy atom. The molecule has 0 atom stereocenters. The average molecular weight is 1920 g/mol. The lowest BCUT2D eigenvalue weighted by atomic mass is 9.67. The van der Waals surface area contributed by atoms with E-state index in [9.17, 15) is 0 Å². The Kier molecular flexibility index (Phi) is 19.4. The van der Waals surface area contributed by atoms with Gasteiger partial charge in [-0.15, -0.1) is 0 Å². The highest BCUT2D eigenvalue weighted by Gasteiger charge is 2.50. The Labute approximate surface area is 868 Å². The maximum absolute atomic E-state index is 7.20. The third-order valence-corrected chi connectivity index (χ3v) is 33.1. The lowest BCUT2D eigenvalue weighted by molar-refractivity contribution is 0.660. The summed E-state index contributed by atoms with van der Waals surface area (Å²) in [6.07, 6.45) is 0. The van der Waals surface area contributed by atoms with E-state index in [1.54, 1.807) is 0 Å². The van der Waals surface area contributed by atoms with Crippen LogP contribution in [0.15, 0.2) is 553 Å². The lowest BCUT2D eigenvalue weighted by Gasteiger charge is -2.35. The molecule has 27 aromatic rings. The van der Waals surface area contributed by atoms with E-state index < -0.39 is 16.2 Å². The summed E-state index contributed by atoms with van der Waals surface area (Å²) >= 11 is 0. The van der Waals surface area contributed by atoms with Crippen molar-refractivity contribution in [3.8, 4) is 72.4 Å². The van der Waals surface area contributed by atoms with Crippen LogP contribution in [0.2, 0.25) is 0 Å². The molecule has 4 aliphatic carbocycles. The largest absolute Gasteiger partial charge is 0.455 e. The molecule has 0 saturated carbocycles. The van der Waals surface area contributed by atoms with Gasteiger partial charge in [0, 0.05) is 99.8 Å². The number of furan rings is 3. The average Bonchev–Trinajstić information content (AvgIpc) is 1.53. The van der Waals surface area contributed by atoms with Crippen LogP contribution in [0.4, 0.5) is 34.1 Å². The second-order valence-electron chi connectivity index (χ2n) is 41.0. The highest BCUT2D eigenvalue weighted by molar-refractivity contribution is 6.16. The first-order chi connectivity index (χ1) is 74.2. The zero-order chi connectivity index (χ0) is 99.1. The second kappa shape index (κ2) is 33.7. The van der Waals surface area contributed by atoms with Crippen LogP contribution in [0.25, 0.3) is 160 Å². The minimum Gasteiger partial charge on any atom is -0.455 e. The molecule has 0 amide bonds. The molecule has 4 aromatic heterocycles. The molecule has 150 heavy (non-hydrogen) atoms. The van der Waals surface area contributed by atoms with E-state index in [0.717, 1.165) is 133 Å². The molecule has 0 radical (unpaired) electrons. The molecule has 4 heterocycles. The van der Waals surface area contributed by atoms with E-state index in [1.807, 2.05) is 6.07 Å². The predicted octanol–water partition coefficient (Wildman–Crippen LogP) is 37.8. The summed E-state index contributed by atoms with van der Waals surface area (Å²) in [7, 11) is 0. The van der Waals surface area contributed by atoms with E-state index >= 15 is 0 Å². The number of nitrogens with zero attached hydrogens (tertiary/aromatic N) is 3. The molecule has 0 bridgehead atoms. The number of aromatic nitrogens is 1. The van der Waals surface area contributed by atoms with Gasteiger partial charge in [0.25, 0.3) is 0 Å². The highest BCUT2D eigenvalue weighted by Crippen LogP contribution is 2.63. The first-order valence-electron chi connectivity index (χ1n) is 52.0. The fourth-order valence-electron chi connectivity index (χ4n) is 26.7. The monoisotopic (exact) mass is 1910 g/mol. The summed E-state index contributed by atoms with van der Waals surface area (Å²) in [4.78, 5) is 4.80. The quantitative estimate of drug-likeness (QED) is 0.102. The smallest absolute Gasteiger partial charge is 0.159 e. The number of benzene rings is 23.